The van der Waals surface area contributed by atoms with Gasteiger partial charge in [0.15, 0.2) is 11.6 Å². The Morgan fingerprint density at radius 2 is 1.62 bits per heavy atom. The van der Waals surface area contributed by atoms with Gasteiger partial charge in [-0.05, 0) is 86.8 Å². The Balaban J connectivity index is 0.000000375. The lowest BCUT2D eigenvalue weighted by molar-refractivity contribution is -0.133. The number of carboxylic acid groups (broad SMARTS) is 1. The monoisotopic (exact) mass is 612 g/mol. The van der Waals surface area contributed by atoms with Crippen LogP contribution in [0, 0.1) is 29.4 Å². The van der Waals surface area contributed by atoms with Crippen LogP contribution in [0.2, 0.25) is 0 Å². The molecule has 0 radical (unpaired) electrons. The van der Waals surface area contributed by atoms with Crippen molar-refractivity contribution < 1.29 is 27.5 Å². The summed E-state index contributed by atoms with van der Waals surface area (Å²) < 4.78 is 55.6. The quantitative estimate of drug-likeness (QED) is 0.144. The number of aliphatic carboxylic acids is 1. The van der Waals surface area contributed by atoms with Crippen LogP contribution in [0.4, 0.5) is 17.6 Å². The first kappa shape index (κ1) is 34.5. The van der Waals surface area contributed by atoms with Crippen LogP contribution in [0.25, 0.3) is 0 Å². The Morgan fingerprint density at radius 1 is 1.00 bits per heavy atom. The summed E-state index contributed by atoms with van der Waals surface area (Å²) in [6, 6.07) is 2.10. The number of carboxylic acids is 1. The maximum Gasteiger partial charge on any atom is 0.334 e. The van der Waals surface area contributed by atoms with Gasteiger partial charge in [-0.3, -0.25) is 0 Å². The summed E-state index contributed by atoms with van der Waals surface area (Å²) in [6.07, 6.45) is 20.3. The van der Waals surface area contributed by atoms with Gasteiger partial charge in [0.1, 0.15) is 5.37 Å². The summed E-state index contributed by atoms with van der Waals surface area (Å²) in [5, 5.41) is 9.08. The van der Waals surface area contributed by atoms with Crippen molar-refractivity contribution >= 4 is 17.7 Å². The second-order valence-corrected chi connectivity index (χ2v) is 13.1. The molecule has 1 atom stereocenters. The van der Waals surface area contributed by atoms with Gasteiger partial charge in [-0.1, -0.05) is 51.9 Å². The molecule has 42 heavy (non-hydrogen) atoms. The molecule has 0 saturated heterocycles. The van der Waals surface area contributed by atoms with E-state index in [-0.39, 0.29) is 11.3 Å². The molecule has 9 heteroatoms. The maximum absolute atomic E-state index is 14.6. The van der Waals surface area contributed by atoms with Crippen molar-refractivity contribution in [3.8, 4) is 0 Å². The molecule has 2 aliphatic carbocycles. The highest BCUT2D eigenvalue weighted by molar-refractivity contribution is 8.00. The zero-order chi connectivity index (χ0) is 30.5. The Morgan fingerprint density at radius 3 is 2.19 bits per heavy atom. The lowest BCUT2D eigenvalue weighted by Crippen LogP contribution is -2.39. The van der Waals surface area contributed by atoms with Gasteiger partial charge in [-0.15, -0.1) is 11.8 Å². The van der Waals surface area contributed by atoms with E-state index in [9.17, 15) is 27.5 Å². The number of allylic oxidation sites excluding steroid dienone is 2. The zero-order valence-electron chi connectivity index (χ0n) is 24.9. The average Bonchev–Trinajstić information content (AvgIpc) is 3.53. The van der Waals surface area contributed by atoms with E-state index in [2.05, 4.69) is 6.92 Å². The third-order valence-electron chi connectivity index (χ3n) is 8.91. The second kappa shape index (κ2) is 17.3. The number of benzene rings is 1. The number of rotatable bonds is 16. The van der Waals surface area contributed by atoms with Gasteiger partial charge in [-0.25, -0.2) is 22.4 Å². The molecule has 4 rings (SSSR count). The molecule has 1 heterocycles. The summed E-state index contributed by atoms with van der Waals surface area (Å²) in [6.45, 7) is 3.86. The van der Waals surface area contributed by atoms with Crippen LogP contribution in [-0.4, -0.2) is 40.2 Å². The number of nitrogens with two attached hydrogens (primary N) is 1. The SMILES string of the molecule is CCCCCCCCCCN.O=C(O)C1=CC=CN(CC2C3CCC2CC3)C1SCCC(F)(F)c1ccc(F)c(F)c1. The largest absolute Gasteiger partial charge is 0.478 e. The number of fused-ring (bicyclic) bond motifs is 2. The third-order valence-corrected chi connectivity index (χ3v) is 10.2. The Hall–Kier alpha value is -2.00. The van der Waals surface area contributed by atoms with E-state index in [1.807, 2.05) is 11.1 Å². The lowest BCUT2D eigenvalue weighted by atomic mass is 9.96. The van der Waals surface area contributed by atoms with E-state index in [0.29, 0.717) is 29.9 Å². The van der Waals surface area contributed by atoms with Gasteiger partial charge >= 0.3 is 5.97 Å². The van der Waals surface area contributed by atoms with Crippen LogP contribution in [0.1, 0.15) is 96.0 Å². The van der Waals surface area contributed by atoms with Crippen LogP contribution in [0.15, 0.2) is 42.1 Å². The Labute approximate surface area is 253 Å². The molecule has 2 fully saturated rings. The van der Waals surface area contributed by atoms with E-state index in [0.717, 1.165) is 30.9 Å². The van der Waals surface area contributed by atoms with Crippen molar-refractivity contribution in [1.82, 2.24) is 4.90 Å². The molecular weight excluding hydrogens is 564 g/mol. The predicted molar refractivity (Wildman–Crippen MR) is 163 cm³/mol. The van der Waals surface area contributed by atoms with E-state index in [4.69, 9.17) is 5.73 Å². The molecule has 4 nitrogen and oxygen atoms in total. The summed E-state index contributed by atoms with van der Waals surface area (Å²) in [4.78, 5) is 13.7. The fourth-order valence-corrected chi connectivity index (χ4v) is 7.79. The molecule has 2 bridgehead atoms. The fraction of sp³-hybridized carbons (Fsp3) is 0.667. The van der Waals surface area contributed by atoms with Gasteiger partial charge in [0, 0.05) is 30.5 Å². The minimum atomic E-state index is -3.34. The number of carbonyl (C=O) groups is 1. The van der Waals surface area contributed by atoms with Gasteiger partial charge < -0.3 is 15.7 Å². The van der Waals surface area contributed by atoms with Crippen LogP contribution in [0.5, 0.6) is 0 Å². The van der Waals surface area contributed by atoms with Gasteiger partial charge in [0.25, 0.3) is 5.92 Å². The average molecular weight is 613 g/mol. The van der Waals surface area contributed by atoms with Crippen molar-refractivity contribution in [2.45, 2.75) is 102 Å². The number of thioether (sulfide) groups is 1. The lowest BCUT2D eigenvalue weighted by Gasteiger charge is -2.36. The van der Waals surface area contributed by atoms with Crippen molar-refractivity contribution in [2.24, 2.45) is 23.5 Å². The molecule has 3 N–H and O–H groups in total. The summed E-state index contributed by atoms with van der Waals surface area (Å²) in [5.74, 6) is -5.05. The molecular formula is C33H48F4N2O2S. The fourth-order valence-electron chi connectivity index (χ4n) is 6.49. The minimum absolute atomic E-state index is 0.0247. The first-order valence-corrected chi connectivity index (χ1v) is 16.7. The van der Waals surface area contributed by atoms with Gasteiger partial charge in [0.2, 0.25) is 0 Å². The van der Waals surface area contributed by atoms with Gasteiger partial charge in [-0.2, -0.15) is 0 Å². The molecule has 0 aromatic heterocycles. The Kier molecular flexibility index (Phi) is 14.2. The number of halogens is 4. The highest BCUT2D eigenvalue weighted by Crippen LogP contribution is 2.50. The van der Waals surface area contributed by atoms with Gasteiger partial charge in [0.05, 0.1) is 5.57 Å². The first-order valence-electron chi connectivity index (χ1n) is 15.7. The van der Waals surface area contributed by atoms with Crippen LogP contribution in [0.3, 0.4) is 0 Å². The van der Waals surface area contributed by atoms with Crippen molar-refractivity contribution in [3.63, 3.8) is 0 Å². The zero-order valence-corrected chi connectivity index (χ0v) is 25.7. The molecule has 236 valence electrons. The summed E-state index contributed by atoms with van der Waals surface area (Å²) >= 11 is 1.15. The number of hydrogen-bond donors (Lipinski definition) is 2. The number of hydrogen-bond acceptors (Lipinski definition) is 4. The molecule has 1 unspecified atom stereocenters. The highest BCUT2D eigenvalue weighted by atomic mass is 32.2. The molecule has 0 spiro atoms. The molecule has 1 aliphatic heterocycles. The smallest absolute Gasteiger partial charge is 0.334 e. The summed E-state index contributed by atoms with van der Waals surface area (Å²) in [7, 11) is 0. The van der Waals surface area contributed by atoms with E-state index in [1.165, 1.54) is 83.1 Å². The van der Waals surface area contributed by atoms with Crippen molar-refractivity contribution in [3.05, 3.63) is 59.3 Å². The molecule has 0 amide bonds. The highest BCUT2D eigenvalue weighted by Gasteiger charge is 2.43. The predicted octanol–water partition coefficient (Wildman–Crippen LogP) is 8.87. The van der Waals surface area contributed by atoms with E-state index < -0.39 is 40.9 Å². The minimum Gasteiger partial charge on any atom is -0.478 e. The molecule has 1 aromatic carbocycles. The molecule has 3 aliphatic rings. The van der Waals surface area contributed by atoms with Crippen LogP contribution < -0.4 is 5.73 Å². The van der Waals surface area contributed by atoms with Crippen molar-refractivity contribution in [1.29, 1.82) is 0 Å². The van der Waals surface area contributed by atoms with Crippen LogP contribution in [-0.2, 0) is 10.7 Å². The summed E-state index contributed by atoms with van der Waals surface area (Å²) in [5.41, 5.74) is 4.99. The van der Waals surface area contributed by atoms with Crippen LogP contribution >= 0.6 is 11.8 Å². The first-order chi connectivity index (χ1) is 20.2. The number of unbranched alkanes of at least 4 members (excludes halogenated alkanes) is 7. The Bertz CT molecular complexity index is 1020. The molecule has 1 aromatic rings. The normalized spacial score (nSPS) is 23.1. The molecule has 2 saturated carbocycles. The van der Waals surface area contributed by atoms with E-state index in [1.54, 1.807) is 6.08 Å². The van der Waals surface area contributed by atoms with E-state index >= 15 is 0 Å². The second-order valence-electron chi connectivity index (χ2n) is 11.9. The van der Waals surface area contributed by atoms with Crippen molar-refractivity contribution in [2.75, 3.05) is 18.8 Å². The topological polar surface area (TPSA) is 66.6 Å². The third kappa shape index (κ3) is 10.0. The number of alkyl halides is 2. The maximum atomic E-state index is 14.6. The number of nitrogens with zero attached hydrogens (tertiary/aromatic N) is 1. The standard InChI is InChI=1S/C23H25F4NO2S.C10H23N/c24-19-8-7-16(12-20(19)25)23(26,27)9-11-31-21-17(22(29)30)2-1-10-28(21)13-18-14-3-4-15(18)6-5-14;1-2-3-4-5-6-7-8-9-10-11/h1-2,7-8,10,12,14-15,18,21H,3-6,9,11,13H2,(H,29,30);2-11H2,1H3.